The van der Waals surface area contributed by atoms with Gasteiger partial charge in [0.2, 0.25) is 0 Å². The second-order valence-corrected chi connectivity index (χ2v) is 7.92. The smallest absolute Gasteiger partial charge is 0.306 e. The SMILES string of the molecule is CCCCCC(=O)OCc1ccc2ccccc2c1-c1c(CO)ccc2ccccc12. The molecule has 3 nitrogen and oxygen atoms in total. The molecule has 0 amide bonds. The fraction of sp³-hybridized carbons (Fsp3) is 0.250. The van der Waals surface area contributed by atoms with Crippen LogP contribution in [0.2, 0.25) is 0 Å². The molecular weight excluding hydrogens is 384 g/mol. The highest BCUT2D eigenvalue weighted by Gasteiger charge is 2.17. The summed E-state index contributed by atoms with van der Waals surface area (Å²) < 4.78 is 5.67. The van der Waals surface area contributed by atoms with Crippen LogP contribution in [0.25, 0.3) is 32.7 Å². The standard InChI is InChI=1S/C28H28O3/c1-2-3-4-13-26(30)31-19-23-17-15-21-10-6-8-12-25(21)28(23)27-22(18-29)16-14-20-9-5-7-11-24(20)27/h5-12,14-17,29H,2-4,13,18-19H2,1H3. The van der Waals surface area contributed by atoms with Gasteiger partial charge in [0, 0.05) is 6.42 Å². The van der Waals surface area contributed by atoms with E-state index in [0.717, 1.165) is 63.1 Å². The highest BCUT2D eigenvalue weighted by atomic mass is 16.5. The molecule has 31 heavy (non-hydrogen) atoms. The van der Waals surface area contributed by atoms with Crippen LogP contribution in [-0.4, -0.2) is 11.1 Å². The number of rotatable bonds is 8. The summed E-state index contributed by atoms with van der Waals surface area (Å²) in [5.74, 6) is -0.159. The van der Waals surface area contributed by atoms with Gasteiger partial charge < -0.3 is 9.84 Å². The van der Waals surface area contributed by atoms with Gasteiger partial charge in [0.1, 0.15) is 6.61 Å². The van der Waals surface area contributed by atoms with Gasteiger partial charge in [0.25, 0.3) is 0 Å². The molecule has 0 spiro atoms. The van der Waals surface area contributed by atoms with Crippen molar-refractivity contribution >= 4 is 27.5 Å². The number of hydrogen-bond acceptors (Lipinski definition) is 3. The molecular formula is C28H28O3. The van der Waals surface area contributed by atoms with E-state index in [1.165, 1.54) is 0 Å². The topological polar surface area (TPSA) is 46.5 Å². The Morgan fingerprint density at radius 3 is 1.97 bits per heavy atom. The van der Waals surface area contributed by atoms with Crippen molar-refractivity contribution in [3.05, 3.63) is 83.9 Å². The number of carbonyl (C=O) groups is 1. The zero-order valence-electron chi connectivity index (χ0n) is 17.9. The van der Waals surface area contributed by atoms with Crippen LogP contribution >= 0.6 is 0 Å². The minimum atomic E-state index is -0.159. The van der Waals surface area contributed by atoms with Crippen LogP contribution in [0, 0.1) is 0 Å². The Bertz CT molecular complexity index is 1210. The molecule has 4 rings (SSSR count). The van der Waals surface area contributed by atoms with Gasteiger partial charge in [-0.05, 0) is 50.2 Å². The van der Waals surface area contributed by atoms with Crippen molar-refractivity contribution < 1.29 is 14.6 Å². The van der Waals surface area contributed by atoms with Crippen molar-refractivity contribution in [2.24, 2.45) is 0 Å². The van der Waals surface area contributed by atoms with Crippen LogP contribution in [0.3, 0.4) is 0 Å². The summed E-state index contributed by atoms with van der Waals surface area (Å²) >= 11 is 0. The van der Waals surface area contributed by atoms with Gasteiger partial charge >= 0.3 is 5.97 Å². The molecule has 0 saturated carbocycles. The van der Waals surface area contributed by atoms with E-state index in [9.17, 15) is 9.90 Å². The fourth-order valence-corrected chi connectivity index (χ4v) is 4.23. The number of ether oxygens (including phenoxy) is 1. The third kappa shape index (κ3) is 4.47. The van der Waals surface area contributed by atoms with Crippen molar-refractivity contribution in [1.82, 2.24) is 0 Å². The first-order valence-corrected chi connectivity index (χ1v) is 11.0. The predicted molar refractivity (Wildman–Crippen MR) is 127 cm³/mol. The molecule has 4 aromatic rings. The zero-order valence-corrected chi connectivity index (χ0v) is 17.9. The van der Waals surface area contributed by atoms with E-state index < -0.39 is 0 Å². The van der Waals surface area contributed by atoms with Gasteiger partial charge in [-0.25, -0.2) is 0 Å². The Balaban J connectivity index is 1.84. The molecule has 0 unspecified atom stereocenters. The number of aliphatic hydroxyl groups excluding tert-OH is 1. The number of carbonyl (C=O) groups excluding carboxylic acids is 1. The summed E-state index contributed by atoms with van der Waals surface area (Å²) in [5.41, 5.74) is 3.86. The molecule has 0 bridgehead atoms. The van der Waals surface area contributed by atoms with E-state index in [2.05, 4.69) is 37.3 Å². The molecule has 0 atom stereocenters. The Kier molecular flexibility index (Phi) is 6.63. The number of aliphatic hydroxyl groups is 1. The lowest BCUT2D eigenvalue weighted by Crippen LogP contribution is -2.06. The first kappa shape index (κ1) is 21.1. The average Bonchev–Trinajstić information content (AvgIpc) is 2.82. The van der Waals surface area contributed by atoms with Crippen LogP contribution in [0.4, 0.5) is 0 Å². The van der Waals surface area contributed by atoms with Crippen LogP contribution < -0.4 is 0 Å². The van der Waals surface area contributed by atoms with Gasteiger partial charge in [-0.15, -0.1) is 0 Å². The molecule has 158 valence electrons. The van der Waals surface area contributed by atoms with Crippen LogP contribution in [0.1, 0.15) is 43.7 Å². The summed E-state index contributed by atoms with van der Waals surface area (Å²) in [5, 5.41) is 14.6. The third-order valence-corrected chi connectivity index (χ3v) is 5.82. The van der Waals surface area contributed by atoms with E-state index >= 15 is 0 Å². The largest absolute Gasteiger partial charge is 0.461 e. The maximum absolute atomic E-state index is 12.3. The molecule has 0 aliphatic carbocycles. The van der Waals surface area contributed by atoms with Crippen molar-refractivity contribution in [3.8, 4) is 11.1 Å². The molecule has 0 aliphatic rings. The van der Waals surface area contributed by atoms with Crippen LogP contribution in [0.5, 0.6) is 0 Å². The fourth-order valence-electron chi connectivity index (χ4n) is 4.23. The van der Waals surface area contributed by atoms with Crippen molar-refractivity contribution in [2.75, 3.05) is 0 Å². The monoisotopic (exact) mass is 412 g/mol. The van der Waals surface area contributed by atoms with Gasteiger partial charge in [-0.2, -0.15) is 0 Å². The maximum Gasteiger partial charge on any atom is 0.306 e. The maximum atomic E-state index is 12.3. The molecule has 0 fully saturated rings. The number of unbranched alkanes of at least 4 members (excludes halogenated alkanes) is 2. The minimum absolute atomic E-state index is 0.0559. The molecule has 0 aliphatic heterocycles. The summed E-state index contributed by atoms with van der Waals surface area (Å²) in [6.07, 6.45) is 3.42. The van der Waals surface area contributed by atoms with Gasteiger partial charge in [-0.1, -0.05) is 92.6 Å². The van der Waals surface area contributed by atoms with E-state index in [4.69, 9.17) is 4.74 Å². The minimum Gasteiger partial charge on any atom is -0.461 e. The molecule has 4 aromatic carbocycles. The lowest BCUT2D eigenvalue weighted by Gasteiger charge is -2.18. The molecule has 3 heteroatoms. The number of hydrogen-bond donors (Lipinski definition) is 1. The normalized spacial score (nSPS) is 11.2. The summed E-state index contributed by atoms with van der Waals surface area (Å²) in [4.78, 5) is 12.3. The lowest BCUT2D eigenvalue weighted by molar-refractivity contribution is -0.145. The number of benzene rings is 4. The second kappa shape index (κ2) is 9.76. The van der Waals surface area contributed by atoms with Crippen molar-refractivity contribution in [1.29, 1.82) is 0 Å². The lowest BCUT2D eigenvalue weighted by atomic mass is 9.87. The van der Waals surface area contributed by atoms with Crippen LogP contribution in [0.15, 0.2) is 72.8 Å². The third-order valence-electron chi connectivity index (χ3n) is 5.82. The van der Waals surface area contributed by atoms with E-state index in [-0.39, 0.29) is 19.2 Å². The van der Waals surface area contributed by atoms with Gasteiger partial charge in [0.15, 0.2) is 0 Å². The molecule has 0 aromatic heterocycles. The summed E-state index contributed by atoms with van der Waals surface area (Å²) in [6, 6.07) is 24.6. The van der Waals surface area contributed by atoms with E-state index in [1.807, 2.05) is 42.5 Å². The van der Waals surface area contributed by atoms with E-state index in [0.29, 0.717) is 6.42 Å². The highest BCUT2D eigenvalue weighted by Crippen LogP contribution is 2.39. The van der Waals surface area contributed by atoms with Crippen LogP contribution in [-0.2, 0) is 22.7 Å². The molecule has 0 radical (unpaired) electrons. The Morgan fingerprint density at radius 1 is 0.774 bits per heavy atom. The highest BCUT2D eigenvalue weighted by molar-refractivity contribution is 6.07. The molecule has 1 N–H and O–H groups in total. The zero-order chi connectivity index (χ0) is 21.6. The van der Waals surface area contributed by atoms with Gasteiger partial charge in [0.05, 0.1) is 6.61 Å². The predicted octanol–water partition coefficient (Wildman–Crippen LogP) is 6.78. The molecule has 0 heterocycles. The number of esters is 1. The second-order valence-electron chi connectivity index (χ2n) is 7.92. The van der Waals surface area contributed by atoms with Gasteiger partial charge in [-0.3, -0.25) is 4.79 Å². The summed E-state index contributed by atoms with van der Waals surface area (Å²) in [6.45, 7) is 2.29. The van der Waals surface area contributed by atoms with Crippen molar-refractivity contribution in [2.45, 2.75) is 45.8 Å². The number of fused-ring (bicyclic) bond motifs is 2. The molecule has 0 saturated heterocycles. The average molecular weight is 413 g/mol. The Morgan fingerprint density at radius 2 is 1.35 bits per heavy atom. The Hall–Kier alpha value is -3.17. The Labute approximate surface area is 183 Å². The summed E-state index contributed by atoms with van der Waals surface area (Å²) in [7, 11) is 0. The first-order valence-electron chi connectivity index (χ1n) is 11.0. The van der Waals surface area contributed by atoms with Crippen molar-refractivity contribution in [3.63, 3.8) is 0 Å². The first-order chi connectivity index (χ1) is 15.2. The quantitative estimate of drug-likeness (QED) is 0.256. The van der Waals surface area contributed by atoms with E-state index in [1.54, 1.807) is 0 Å².